The summed E-state index contributed by atoms with van der Waals surface area (Å²) in [5, 5.41) is 13.3. The van der Waals surface area contributed by atoms with E-state index < -0.39 is 6.04 Å². The second kappa shape index (κ2) is 4.46. The molecule has 3 N–H and O–H groups in total. The number of aliphatic hydroxyl groups is 1. The molecule has 0 aliphatic carbocycles. The van der Waals surface area contributed by atoms with Gasteiger partial charge < -0.3 is 15.7 Å². The molecule has 0 saturated heterocycles. The maximum atomic E-state index is 11.9. The predicted octanol–water partition coefficient (Wildman–Crippen LogP) is -0.547. The van der Waals surface area contributed by atoms with Crippen LogP contribution in [0.3, 0.4) is 0 Å². The van der Waals surface area contributed by atoms with Crippen LogP contribution in [0.4, 0.5) is 0 Å². The molecule has 17 heavy (non-hydrogen) atoms. The number of nitrogens with two attached hydrogens (primary N) is 1. The first-order valence-corrected chi connectivity index (χ1v) is 5.75. The van der Waals surface area contributed by atoms with E-state index in [-0.39, 0.29) is 18.6 Å². The van der Waals surface area contributed by atoms with E-state index in [1.165, 1.54) is 0 Å². The second-order valence-electron chi connectivity index (χ2n) is 4.57. The average molecular weight is 238 g/mol. The zero-order chi connectivity index (χ0) is 12.6. The van der Waals surface area contributed by atoms with Crippen molar-refractivity contribution >= 4 is 5.91 Å². The van der Waals surface area contributed by atoms with Gasteiger partial charge in [0, 0.05) is 6.04 Å². The van der Waals surface area contributed by atoms with Gasteiger partial charge in [0.25, 0.3) is 0 Å². The number of carbonyl (C=O) groups is 1. The van der Waals surface area contributed by atoms with Gasteiger partial charge >= 0.3 is 0 Å². The number of hydrogen-bond donors (Lipinski definition) is 2. The summed E-state index contributed by atoms with van der Waals surface area (Å²) in [7, 11) is 0. The molecular weight excluding hydrogens is 220 g/mol. The van der Waals surface area contributed by atoms with Crippen LogP contribution in [-0.2, 0) is 24.5 Å². The Kier molecular flexibility index (Phi) is 3.17. The minimum atomic E-state index is -0.482. The van der Waals surface area contributed by atoms with Crippen LogP contribution < -0.4 is 5.73 Å². The van der Waals surface area contributed by atoms with Crippen LogP contribution in [0, 0.1) is 0 Å². The highest BCUT2D eigenvalue weighted by atomic mass is 16.3. The number of aliphatic hydroxyl groups excluding tert-OH is 1. The third-order valence-corrected chi connectivity index (χ3v) is 3.05. The maximum Gasteiger partial charge on any atom is 0.239 e. The molecule has 2 atom stereocenters. The van der Waals surface area contributed by atoms with Crippen LogP contribution in [0.1, 0.15) is 25.2 Å². The van der Waals surface area contributed by atoms with Crippen molar-refractivity contribution in [2.75, 3.05) is 0 Å². The summed E-state index contributed by atoms with van der Waals surface area (Å²) in [5.41, 5.74) is 7.21. The molecule has 6 nitrogen and oxygen atoms in total. The fourth-order valence-electron chi connectivity index (χ4n) is 2.11. The van der Waals surface area contributed by atoms with Crippen LogP contribution in [0.15, 0.2) is 6.07 Å². The summed E-state index contributed by atoms with van der Waals surface area (Å²) in [5.74, 6) is -0.0458. The zero-order valence-corrected chi connectivity index (χ0v) is 10.1. The van der Waals surface area contributed by atoms with Crippen LogP contribution in [0.25, 0.3) is 0 Å². The molecule has 2 heterocycles. The number of nitrogens with zero attached hydrogens (tertiary/aromatic N) is 3. The Hall–Kier alpha value is -1.40. The molecule has 0 radical (unpaired) electrons. The second-order valence-corrected chi connectivity index (χ2v) is 4.57. The molecule has 1 aromatic heterocycles. The molecule has 1 amide bonds. The Morgan fingerprint density at radius 1 is 1.76 bits per heavy atom. The van der Waals surface area contributed by atoms with Gasteiger partial charge in [0.2, 0.25) is 5.91 Å². The molecule has 1 aromatic rings. The average Bonchev–Trinajstić information content (AvgIpc) is 2.68. The first-order valence-electron chi connectivity index (χ1n) is 5.75. The minimum Gasteiger partial charge on any atom is -0.390 e. The monoisotopic (exact) mass is 238 g/mol. The number of aromatic nitrogens is 2. The number of hydrogen-bond acceptors (Lipinski definition) is 4. The smallest absolute Gasteiger partial charge is 0.239 e. The van der Waals surface area contributed by atoms with Crippen LogP contribution in [0.5, 0.6) is 0 Å². The van der Waals surface area contributed by atoms with Gasteiger partial charge in [0.1, 0.15) is 0 Å². The first-order chi connectivity index (χ1) is 8.02. The van der Waals surface area contributed by atoms with E-state index >= 15 is 0 Å². The Labute approximate surface area is 100 Å². The highest BCUT2D eigenvalue weighted by Crippen LogP contribution is 2.19. The van der Waals surface area contributed by atoms with E-state index in [0.717, 1.165) is 5.69 Å². The lowest BCUT2D eigenvalue weighted by Gasteiger charge is -2.34. The lowest BCUT2D eigenvalue weighted by molar-refractivity contribution is -0.136. The van der Waals surface area contributed by atoms with Crippen molar-refractivity contribution in [1.29, 1.82) is 0 Å². The number of carbonyl (C=O) groups excluding carboxylic acids is 1. The van der Waals surface area contributed by atoms with Crippen molar-refractivity contribution in [3.05, 3.63) is 17.5 Å². The Morgan fingerprint density at radius 2 is 2.47 bits per heavy atom. The quantitative estimate of drug-likeness (QED) is 0.724. The summed E-state index contributed by atoms with van der Waals surface area (Å²) in [6.07, 6.45) is 0. The molecule has 0 spiro atoms. The number of amides is 1. The van der Waals surface area contributed by atoms with E-state index in [4.69, 9.17) is 10.8 Å². The highest BCUT2D eigenvalue weighted by molar-refractivity contribution is 5.81. The van der Waals surface area contributed by atoms with Gasteiger partial charge in [-0.05, 0) is 19.9 Å². The predicted molar refractivity (Wildman–Crippen MR) is 61.8 cm³/mol. The summed E-state index contributed by atoms with van der Waals surface area (Å²) in [6, 6.07) is 1.42. The van der Waals surface area contributed by atoms with Crippen molar-refractivity contribution in [2.24, 2.45) is 5.73 Å². The number of fused-ring (bicyclic) bond motifs is 1. The van der Waals surface area contributed by atoms with Gasteiger partial charge in [0.05, 0.1) is 37.1 Å². The lowest BCUT2D eigenvalue weighted by Crippen LogP contribution is -2.50. The standard InChI is InChI=1S/C11H18N4O2/c1-7-4-15-10(3-9(6-16)13-15)5-14(7)11(17)8(2)12/h3,7-8,16H,4-6,12H2,1-2H3. The molecule has 0 saturated carbocycles. The molecule has 2 unspecified atom stereocenters. The summed E-state index contributed by atoms with van der Waals surface area (Å²) in [6.45, 7) is 4.75. The van der Waals surface area contributed by atoms with E-state index in [2.05, 4.69) is 5.10 Å². The van der Waals surface area contributed by atoms with Crippen molar-refractivity contribution in [3.63, 3.8) is 0 Å². The first kappa shape index (κ1) is 12.1. The third kappa shape index (κ3) is 2.18. The van der Waals surface area contributed by atoms with Crippen molar-refractivity contribution in [2.45, 2.75) is 45.6 Å². The number of rotatable bonds is 2. The molecule has 2 rings (SSSR count). The molecule has 1 aliphatic rings. The largest absolute Gasteiger partial charge is 0.390 e. The Morgan fingerprint density at radius 3 is 3.06 bits per heavy atom. The Balaban J connectivity index is 2.23. The van der Waals surface area contributed by atoms with E-state index in [1.54, 1.807) is 11.8 Å². The van der Waals surface area contributed by atoms with E-state index in [9.17, 15) is 4.79 Å². The molecular formula is C11H18N4O2. The van der Waals surface area contributed by atoms with E-state index in [1.807, 2.05) is 17.7 Å². The third-order valence-electron chi connectivity index (χ3n) is 3.05. The van der Waals surface area contributed by atoms with Crippen LogP contribution in [-0.4, -0.2) is 37.8 Å². The summed E-state index contributed by atoms with van der Waals surface area (Å²) < 4.78 is 1.85. The normalized spacial score (nSPS) is 21.2. The van der Waals surface area contributed by atoms with Crippen molar-refractivity contribution in [1.82, 2.24) is 14.7 Å². The van der Waals surface area contributed by atoms with Crippen LogP contribution in [0.2, 0.25) is 0 Å². The van der Waals surface area contributed by atoms with Gasteiger partial charge in [-0.3, -0.25) is 9.48 Å². The van der Waals surface area contributed by atoms with E-state index in [0.29, 0.717) is 18.8 Å². The molecule has 6 heteroatoms. The summed E-state index contributed by atoms with van der Waals surface area (Å²) in [4.78, 5) is 13.7. The molecule has 0 bridgehead atoms. The van der Waals surface area contributed by atoms with Gasteiger partial charge in [-0.25, -0.2) is 0 Å². The maximum absolute atomic E-state index is 11.9. The fourth-order valence-corrected chi connectivity index (χ4v) is 2.11. The molecule has 0 aromatic carbocycles. The van der Waals surface area contributed by atoms with Gasteiger partial charge in [-0.15, -0.1) is 0 Å². The van der Waals surface area contributed by atoms with Gasteiger partial charge in [0.15, 0.2) is 0 Å². The molecule has 94 valence electrons. The zero-order valence-electron chi connectivity index (χ0n) is 10.1. The SMILES string of the molecule is CC(N)C(=O)N1Cc2cc(CO)nn2CC1C. The topological polar surface area (TPSA) is 84.4 Å². The Bertz CT molecular complexity index is 427. The van der Waals surface area contributed by atoms with Gasteiger partial charge in [-0.2, -0.15) is 5.10 Å². The van der Waals surface area contributed by atoms with Crippen molar-refractivity contribution in [3.8, 4) is 0 Å². The minimum absolute atomic E-state index is 0.0458. The molecule has 0 fully saturated rings. The summed E-state index contributed by atoms with van der Waals surface area (Å²) >= 11 is 0. The van der Waals surface area contributed by atoms with Crippen molar-refractivity contribution < 1.29 is 9.90 Å². The molecule has 1 aliphatic heterocycles. The highest BCUT2D eigenvalue weighted by Gasteiger charge is 2.29. The lowest BCUT2D eigenvalue weighted by atomic mass is 10.1. The fraction of sp³-hybridized carbons (Fsp3) is 0.636. The van der Waals surface area contributed by atoms with Gasteiger partial charge in [-0.1, -0.05) is 0 Å². The van der Waals surface area contributed by atoms with Crippen LogP contribution >= 0.6 is 0 Å².